The molecule has 0 bridgehead atoms. The highest BCUT2D eigenvalue weighted by molar-refractivity contribution is 7.99. The molecule has 0 aliphatic rings. The van der Waals surface area contributed by atoms with Crippen LogP contribution in [0.1, 0.15) is 21.7 Å². The highest BCUT2D eigenvalue weighted by Crippen LogP contribution is 2.30. The van der Waals surface area contributed by atoms with Crippen LogP contribution in [0.15, 0.2) is 66.3 Å². The Balaban J connectivity index is 1.60. The Morgan fingerprint density at radius 3 is 2.57 bits per heavy atom. The molecular weight excluding hydrogens is 483 g/mol. The van der Waals surface area contributed by atoms with Crippen molar-refractivity contribution < 1.29 is 27.5 Å². The van der Waals surface area contributed by atoms with Crippen LogP contribution in [0, 0.1) is 0 Å². The maximum atomic E-state index is 12.9. The Bertz CT molecular complexity index is 1200. The van der Waals surface area contributed by atoms with Crippen LogP contribution in [-0.4, -0.2) is 39.4 Å². The van der Waals surface area contributed by atoms with Crippen LogP contribution in [0.2, 0.25) is 0 Å². The average Bonchev–Trinajstić information content (AvgIpc) is 3.22. The van der Waals surface area contributed by atoms with Gasteiger partial charge in [0.25, 0.3) is 5.91 Å². The van der Waals surface area contributed by atoms with E-state index in [1.165, 1.54) is 19.2 Å². The number of aromatic nitrogens is 3. The largest absolute Gasteiger partial charge is 0.497 e. The first-order valence-corrected chi connectivity index (χ1v) is 11.2. The van der Waals surface area contributed by atoms with Crippen molar-refractivity contribution in [2.45, 2.75) is 24.4 Å². The smallest absolute Gasteiger partial charge is 0.416 e. The second-order valence-electron chi connectivity index (χ2n) is 7.12. The number of ether oxygens (including phenoxy) is 1. The van der Waals surface area contributed by atoms with Gasteiger partial charge in [-0.3, -0.25) is 9.59 Å². The summed E-state index contributed by atoms with van der Waals surface area (Å²) < 4.78 is 45.3. The van der Waals surface area contributed by atoms with Crippen LogP contribution in [0.25, 0.3) is 0 Å². The third-order valence-corrected chi connectivity index (χ3v) is 5.64. The van der Waals surface area contributed by atoms with E-state index in [1.54, 1.807) is 34.9 Å². The minimum atomic E-state index is -4.50. The number of thioether (sulfide) groups is 1. The number of anilines is 1. The van der Waals surface area contributed by atoms with Gasteiger partial charge >= 0.3 is 6.18 Å². The van der Waals surface area contributed by atoms with Gasteiger partial charge in [0.15, 0.2) is 11.0 Å². The minimum Gasteiger partial charge on any atom is -0.497 e. The summed E-state index contributed by atoms with van der Waals surface area (Å²) in [5, 5.41) is 13.8. The van der Waals surface area contributed by atoms with Crippen LogP contribution >= 0.6 is 11.8 Å². The summed E-state index contributed by atoms with van der Waals surface area (Å²) in [6, 6.07) is 11.0. The minimum absolute atomic E-state index is 0.0416. The molecule has 8 nitrogen and oxygen atoms in total. The number of alkyl halides is 3. The van der Waals surface area contributed by atoms with E-state index in [1.807, 2.05) is 0 Å². The van der Waals surface area contributed by atoms with Gasteiger partial charge in [0.2, 0.25) is 5.91 Å². The summed E-state index contributed by atoms with van der Waals surface area (Å²) in [6.07, 6.45) is -2.89. The summed E-state index contributed by atoms with van der Waals surface area (Å²) in [4.78, 5) is 24.7. The molecule has 12 heteroatoms. The van der Waals surface area contributed by atoms with Gasteiger partial charge in [0.1, 0.15) is 5.75 Å². The lowest BCUT2D eigenvalue weighted by Gasteiger charge is -2.10. The van der Waals surface area contributed by atoms with E-state index in [0.717, 1.165) is 23.9 Å². The highest BCUT2D eigenvalue weighted by Gasteiger charge is 2.30. The van der Waals surface area contributed by atoms with Crippen LogP contribution in [0.3, 0.4) is 0 Å². The lowest BCUT2D eigenvalue weighted by molar-refractivity contribution is -0.137. The molecule has 2 aromatic carbocycles. The van der Waals surface area contributed by atoms with Gasteiger partial charge in [-0.1, -0.05) is 23.9 Å². The normalized spacial score (nSPS) is 11.1. The van der Waals surface area contributed by atoms with Crippen molar-refractivity contribution in [3.8, 4) is 5.75 Å². The van der Waals surface area contributed by atoms with E-state index in [4.69, 9.17) is 4.74 Å². The predicted octanol–water partition coefficient (Wildman–Crippen LogP) is 4.15. The van der Waals surface area contributed by atoms with Gasteiger partial charge in [0, 0.05) is 17.8 Å². The first-order chi connectivity index (χ1) is 16.7. The van der Waals surface area contributed by atoms with Crippen molar-refractivity contribution >= 4 is 29.3 Å². The van der Waals surface area contributed by atoms with Crippen LogP contribution in [0.4, 0.5) is 18.9 Å². The van der Waals surface area contributed by atoms with E-state index in [-0.39, 0.29) is 23.9 Å². The SMILES string of the molecule is C=CCn1c(CNC(=O)c2ccc(OC)cc2)nnc1SCC(=O)Nc1cccc(C(F)(F)F)c1. The number of allylic oxidation sites excluding steroid dienone is 1. The Hall–Kier alpha value is -3.80. The molecule has 1 heterocycles. The van der Waals surface area contributed by atoms with E-state index in [0.29, 0.717) is 28.8 Å². The van der Waals surface area contributed by atoms with E-state index >= 15 is 0 Å². The topological polar surface area (TPSA) is 98.1 Å². The first-order valence-electron chi connectivity index (χ1n) is 10.3. The molecule has 184 valence electrons. The zero-order valence-corrected chi connectivity index (χ0v) is 19.4. The second-order valence-corrected chi connectivity index (χ2v) is 8.07. The molecule has 0 radical (unpaired) electrons. The lowest BCUT2D eigenvalue weighted by atomic mass is 10.2. The second kappa shape index (κ2) is 11.6. The number of rotatable bonds is 10. The lowest BCUT2D eigenvalue weighted by Crippen LogP contribution is -2.24. The molecule has 2 amide bonds. The molecule has 1 aromatic heterocycles. The third-order valence-electron chi connectivity index (χ3n) is 4.67. The van der Waals surface area contributed by atoms with Crippen molar-refractivity contribution in [2.75, 3.05) is 18.2 Å². The Kier molecular flexibility index (Phi) is 8.53. The quantitative estimate of drug-likeness (QED) is 0.317. The fraction of sp³-hybridized carbons (Fsp3) is 0.217. The third kappa shape index (κ3) is 7.09. The van der Waals surface area contributed by atoms with E-state index < -0.39 is 17.6 Å². The summed E-state index contributed by atoms with van der Waals surface area (Å²) in [5.41, 5.74) is -0.364. The molecule has 0 atom stereocenters. The number of hydrogen-bond acceptors (Lipinski definition) is 6. The predicted molar refractivity (Wildman–Crippen MR) is 125 cm³/mol. The molecule has 0 unspecified atom stereocenters. The monoisotopic (exact) mass is 505 g/mol. The zero-order chi connectivity index (χ0) is 25.4. The Morgan fingerprint density at radius 1 is 1.17 bits per heavy atom. The molecule has 2 N–H and O–H groups in total. The van der Waals surface area contributed by atoms with Gasteiger partial charge < -0.3 is 19.9 Å². The highest BCUT2D eigenvalue weighted by atomic mass is 32.2. The van der Waals surface area contributed by atoms with Gasteiger partial charge in [0.05, 0.1) is 25.0 Å². The number of nitrogens with zero attached hydrogens (tertiary/aromatic N) is 3. The van der Waals surface area contributed by atoms with Crippen molar-refractivity contribution in [3.63, 3.8) is 0 Å². The van der Waals surface area contributed by atoms with E-state index in [9.17, 15) is 22.8 Å². The summed E-state index contributed by atoms with van der Waals surface area (Å²) in [7, 11) is 1.53. The van der Waals surface area contributed by atoms with E-state index in [2.05, 4.69) is 27.4 Å². The van der Waals surface area contributed by atoms with Crippen molar-refractivity contribution in [1.29, 1.82) is 0 Å². The number of halogens is 3. The van der Waals surface area contributed by atoms with Crippen molar-refractivity contribution in [2.24, 2.45) is 0 Å². The molecule has 0 saturated carbocycles. The number of carbonyl (C=O) groups excluding carboxylic acids is 2. The molecule has 0 fully saturated rings. The molecule has 0 spiro atoms. The first kappa shape index (κ1) is 25.8. The molecular formula is C23H22F3N5O3S. The van der Waals surface area contributed by atoms with Crippen LogP contribution < -0.4 is 15.4 Å². The maximum Gasteiger partial charge on any atom is 0.416 e. The van der Waals surface area contributed by atoms with Crippen LogP contribution in [-0.2, 0) is 24.1 Å². The maximum absolute atomic E-state index is 12.9. The Morgan fingerprint density at radius 2 is 1.91 bits per heavy atom. The molecule has 3 aromatic rings. The average molecular weight is 506 g/mol. The van der Waals surface area contributed by atoms with Crippen LogP contribution in [0.5, 0.6) is 5.75 Å². The van der Waals surface area contributed by atoms with Gasteiger partial charge in [-0.15, -0.1) is 16.8 Å². The van der Waals surface area contributed by atoms with Gasteiger partial charge in [-0.2, -0.15) is 13.2 Å². The standard InChI is InChI=1S/C23H22F3N5O3S/c1-3-11-31-19(13-27-21(33)15-7-9-18(34-2)10-8-15)29-30-22(31)35-14-20(32)28-17-6-4-5-16(12-17)23(24,25)26/h3-10,12H,1,11,13-14H2,2H3,(H,27,33)(H,28,32). The van der Waals surface area contributed by atoms with Gasteiger partial charge in [-0.05, 0) is 42.5 Å². The number of nitrogens with one attached hydrogen (secondary N) is 2. The molecule has 0 aliphatic carbocycles. The fourth-order valence-electron chi connectivity index (χ4n) is 2.97. The van der Waals surface area contributed by atoms with Gasteiger partial charge in [-0.25, -0.2) is 0 Å². The van der Waals surface area contributed by atoms with Crippen molar-refractivity contribution in [1.82, 2.24) is 20.1 Å². The molecule has 0 aliphatic heterocycles. The summed E-state index contributed by atoms with van der Waals surface area (Å²) in [5.74, 6) is 0.162. The number of carbonyl (C=O) groups is 2. The fourth-order valence-corrected chi connectivity index (χ4v) is 3.74. The number of methoxy groups -OCH3 is 1. The summed E-state index contributed by atoms with van der Waals surface area (Å²) >= 11 is 1.06. The summed E-state index contributed by atoms with van der Waals surface area (Å²) in [6.45, 7) is 4.12. The number of benzene rings is 2. The van der Waals surface area contributed by atoms with Crippen molar-refractivity contribution in [3.05, 3.63) is 78.1 Å². The molecule has 3 rings (SSSR count). The number of hydrogen-bond donors (Lipinski definition) is 2. The number of amides is 2. The Labute approximate surface area is 203 Å². The zero-order valence-electron chi connectivity index (χ0n) is 18.6. The molecule has 35 heavy (non-hydrogen) atoms. The molecule has 0 saturated heterocycles.